The monoisotopic (exact) mass is 265 g/mol. The van der Waals surface area contributed by atoms with Crippen molar-refractivity contribution in [3.63, 3.8) is 0 Å². The van der Waals surface area contributed by atoms with Crippen LogP contribution in [0.25, 0.3) is 0 Å². The Hall–Kier alpha value is -1.20. The lowest BCUT2D eigenvalue weighted by Gasteiger charge is -2.18. The van der Waals surface area contributed by atoms with Gasteiger partial charge in [0.2, 0.25) is 0 Å². The fourth-order valence-electron chi connectivity index (χ4n) is 2.37. The topological polar surface area (TPSA) is 51.4 Å². The average Bonchev–Trinajstić information content (AvgIpc) is 2.77. The van der Waals surface area contributed by atoms with Crippen LogP contribution in [0, 0.1) is 12.8 Å². The molecule has 0 bridgehead atoms. The number of nitrogens with two attached hydrogens (primary N) is 1. The van der Waals surface area contributed by atoms with Crippen molar-refractivity contribution in [2.75, 3.05) is 31.7 Å². The third kappa shape index (κ3) is 2.97. The third-order valence-corrected chi connectivity index (χ3v) is 3.47. The Morgan fingerprint density at radius 2 is 2.39 bits per heavy atom. The summed E-state index contributed by atoms with van der Waals surface area (Å²) in [4.78, 5) is 7.26. The summed E-state index contributed by atoms with van der Waals surface area (Å²) in [6, 6.07) is 3.90. The van der Waals surface area contributed by atoms with Crippen LogP contribution in [0.4, 0.5) is 5.82 Å². The molecule has 4 nitrogen and oxygen atoms in total. The fraction of sp³-hybridized carbons (Fsp3) is 0.538. The standard InChI is InChI=1S/C13H19N3OS/c1-9-5-11(13(14)18)6-12(15-9)16-4-3-10(7-16)8-17-2/h5-6,10H,3-4,7-8H2,1-2H3,(H2,14,18). The molecule has 1 saturated heterocycles. The van der Waals surface area contributed by atoms with E-state index in [1.165, 1.54) is 0 Å². The molecule has 0 radical (unpaired) electrons. The number of hydrogen-bond acceptors (Lipinski definition) is 4. The van der Waals surface area contributed by atoms with Crippen LogP contribution in [0.1, 0.15) is 17.7 Å². The van der Waals surface area contributed by atoms with E-state index in [-0.39, 0.29) is 0 Å². The van der Waals surface area contributed by atoms with Crippen molar-refractivity contribution >= 4 is 23.0 Å². The zero-order chi connectivity index (χ0) is 13.1. The van der Waals surface area contributed by atoms with Gasteiger partial charge in [0.05, 0.1) is 6.61 Å². The summed E-state index contributed by atoms with van der Waals surface area (Å²) in [5.74, 6) is 1.56. The van der Waals surface area contributed by atoms with Crippen molar-refractivity contribution in [2.45, 2.75) is 13.3 Å². The third-order valence-electron chi connectivity index (χ3n) is 3.24. The van der Waals surface area contributed by atoms with Gasteiger partial charge in [-0.1, -0.05) is 12.2 Å². The Balaban J connectivity index is 2.16. The number of hydrogen-bond donors (Lipinski definition) is 1. The first kappa shape index (κ1) is 13.2. The van der Waals surface area contributed by atoms with Gasteiger partial charge < -0.3 is 15.4 Å². The number of anilines is 1. The van der Waals surface area contributed by atoms with E-state index in [4.69, 9.17) is 22.7 Å². The van der Waals surface area contributed by atoms with Crippen molar-refractivity contribution in [3.8, 4) is 0 Å². The lowest BCUT2D eigenvalue weighted by atomic mass is 10.1. The van der Waals surface area contributed by atoms with E-state index < -0.39 is 0 Å². The summed E-state index contributed by atoms with van der Waals surface area (Å²) in [5, 5.41) is 0. The Morgan fingerprint density at radius 1 is 1.61 bits per heavy atom. The Labute approximate surface area is 113 Å². The predicted molar refractivity (Wildman–Crippen MR) is 77.1 cm³/mol. The minimum Gasteiger partial charge on any atom is -0.389 e. The van der Waals surface area contributed by atoms with Gasteiger partial charge in [-0.15, -0.1) is 0 Å². The van der Waals surface area contributed by atoms with Crippen LogP contribution < -0.4 is 10.6 Å². The van der Waals surface area contributed by atoms with Gasteiger partial charge in [-0.3, -0.25) is 0 Å². The fourth-order valence-corrected chi connectivity index (χ4v) is 2.49. The quantitative estimate of drug-likeness (QED) is 0.836. The number of ether oxygens (including phenoxy) is 1. The van der Waals surface area contributed by atoms with E-state index in [0.717, 1.165) is 43.2 Å². The van der Waals surface area contributed by atoms with Gasteiger partial charge in [-0.25, -0.2) is 4.98 Å². The Bertz CT molecular complexity index is 450. The van der Waals surface area contributed by atoms with Crippen LogP contribution in [0.3, 0.4) is 0 Å². The summed E-state index contributed by atoms with van der Waals surface area (Å²) >= 11 is 5.03. The highest BCUT2D eigenvalue weighted by atomic mass is 32.1. The van der Waals surface area contributed by atoms with Crippen LogP contribution in [-0.2, 0) is 4.74 Å². The molecule has 0 aliphatic carbocycles. The molecular weight excluding hydrogens is 246 g/mol. The normalized spacial score (nSPS) is 19.2. The summed E-state index contributed by atoms with van der Waals surface area (Å²) in [7, 11) is 1.75. The molecule has 1 fully saturated rings. The van der Waals surface area contributed by atoms with E-state index >= 15 is 0 Å². The molecular formula is C13H19N3OS. The van der Waals surface area contributed by atoms with Gasteiger partial charge in [0.25, 0.3) is 0 Å². The second-order valence-electron chi connectivity index (χ2n) is 4.78. The molecule has 2 heterocycles. The molecule has 98 valence electrons. The van der Waals surface area contributed by atoms with Gasteiger partial charge in [-0.05, 0) is 25.5 Å². The number of aryl methyl sites for hydroxylation is 1. The smallest absolute Gasteiger partial charge is 0.129 e. The van der Waals surface area contributed by atoms with E-state index in [9.17, 15) is 0 Å². The average molecular weight is 265 g/mol. The molecule has 1 aliphatic heterocycles. The molecule has 0 aromatic carbocycles. The van der Waals surface area contributed by atoms with Crippen LogP contribution >= 0.6 is 12.2 Å². The van der Waals surface area contributed by atoms with Gasteiger partial charge in [-0.2, -0.15) is 0 Å². The van der Waals surface area contributed by atoms with Crippen molar-refractivity contribution in [2.24, 2.45) is 11.7 Å². The number of aromatic nitrogens is 1. The molecule has 1 aliphatic rings. The van der Waals surface area contributed by atoms with Crippen LogP contribution in [0.2, 0.25) is 0 Å². The maximum absolute atomic E-state index is 5.69. The van der Waals surface area contributed by atoms with Crippen LogP contribution in [0.5, 0.6) is 0 Å². The van der Waals surface area contributed by atoms with E-state index in [2.05, 4.69) is 9.88 Å². The van der Waals surface area contributed by atoms with Gasteiger partial charge >= 0.3 is 0 Å². The molecule has 0 spiro atoms. The molecule has 1 aromatic heterocycles. The first-order valence-electron chi connectivity index (χ1n) is 6.12. The van der Waals surface area contributed by atoms with Gasteiger partial charge in [0, 0.05) is 37.4 Å². The summed E-state index contributed by atoms with van der Waals surface area (Å²) in [5.41, 5.74) is 7.53. The summed E-state index contributed by atoms with van der Waals surface area (Å²) in [6.45, 7) is 4.78. The SMILES string of the molecule is COCC1CCN(c2cc(C(N)=S)cc(C)n2)C1. The first-order valence-corrected chi connectivity index (χ1v) is 6.53. The highest BCUT2D eigenvalue weighted by molar-refractivity contribution is 7.80. The van der Waals surface area contributed by atoms with Gasteiger partial charge in [0.15, 0.2) is 0 Å². The molecule has 2 N–H and O–H groups in total. The van der Waals surface area contributed by atoms with Crippen LogP contribution in [-0.4, -0.2) is 36.8 Å². The molecule has 2 rings (SSSR count). The minimum absolute atomic E-state index is 0.425. The van der Waals surface area contributed by atoms with E-state index in [0.29, 0.717) is 10.9 Å². The van der Waals surface area contributed by atoms with Crippen molar-refractivity contribution in [1.29, 1.82) is 0 Å². The zero-order valence-corrected chi connectivity index (χ0v) is 11.7. The largest absolute Gasteiger partial charge is 0.389 e. The molecule has 5 heteroatoms. The summed E-state index contributed by atoms with van der Waals surface area (Å²) < 4.78 is 5.21. The number of rotatable bonds is 4. The molecule has 18 heavy (non-hydrogen) atoms. The maximum Gasteiger partial charge on any atom is 0.129 e. The molecule has 1 unspecified atom stereocenters. The molecule has 1 aromatic rings. The van der Waals surface area contributed by atoms with E-state index in [1.807, 2.05) is 19.1 Å². The number of nitrogens with zero attached hydrogens (tertiary/aromatic N) is 2. The molecule has 0 saturated carbocycles. The highest BCUT2D eigenvalue weighted by Gasteiger charge is 2.23. The second kappa shape index (κ2) is 5.63. The van der Waals surface area contributed by atoms with Crippen LogP contribution in [0.15, 0.2) is 12.1 Å². The molecule has 1 atom stereocenters. The van der Waals surface area contributed by atoms with Crippen molar-refractivity contribution < 1.29 is 4.74 Å². The summed E-state index contributed by atoms with van der Waals surface area (Å²) in [6.07, 6.45) is 1.14. The predicted octanol–water partition coefficient (Wildman–Crippen LogP) is 1.50. The van der Waals surface area contributed by atoms with E-state index in [1.54, 1.807) is 7.11 Å². The minimum atomic E-state index is 0.425. The number of thiocarbonyl (C=S) groups is 1. The maximum atomic E-state index is 5.69. The lowest BCUT2D eigenvalue weighted by molar-refractivity contribution is 0.161. The second-order valence-corrected chi connectivity index (χ2v) is 5.22. The Morgan fingerprint density at radius 3 is 3.06 bits per heavy atom. The molecule has 0 amide bonds. The highest BCUT2D eigenvalue weighted by Crippen LogP contribution is 2.23. The van der Waals surface area contributed by atoms with Gasteiger partial charge in [0.1, 0.15) is 10.8 Å². The van der Waals surface area contributed by atoms with Crippen molar-refractivity contribution in [3.05, 3.63) is 23.4 Å². The van der Waals surface area contributed by atoms with Crippen molar-refractivity contribution in [1.82, 2.24) is 4.98 Å². The Kier molecular flexibility index (Phi) is 4.14. The zero-order valence-electron chi connectivity index (χ0n) is 10.8. The number of methoxy groups -OCH3 is 1. The first-order chi connectivity index (χ1) is 8.60. The number of pyridine rings is 1. The lowest BCUT2D eigenvalue weighted by Crippen LogP contribution is -2.23.